The van der Waals surface area contributed by atoms with Crippen molar-refractivity contribution in [2.75, 3.05) is 27.2 Å². The van der Waals surface area contributed by atoms with Crippen LogP contribution in [0.4, 0.5) is 0 Å². The molecule has 0 aliphatic heterocycles. The topological polar surface area (TPSA) is 62.3 Å². The van der Waals surface area contributed by atoms with E-state index < -0.39 is 0 Å². The maximum Gasteiger partial charge on any atom is 0.130 e. The largest absolute Gasteiger partial charge is 0.491 e. The van der Waals surface area contributed by atoms with Crippen LogP contribution in [0.1, 0.15) is 5.56 Å². The van der Waals surface area contributed by atoms with Gasteiger partial charge in [0.15, 0.2) is 0 Å². The molecule has 88 valence electrons. The maximum absolute atomic E-state index is 7.46. The van der Waals surface area contributed by atoms with Gasteiger partial charge in [0.05, 0.1) is 5.56 Å². The lowest BCUT2D eigenvalue weighted by atomic mass is 10.2. The Kier molecular flexibility index (Phi) is 4.76. The Balaban J connectivity index is 2.75. The molecule has 0 radical (unpaired) electrons. The number of nitrogen functional groups attached to an aromatic ring is 1. The highest BCUT2D eigenvalue weighted by atomic mass is 79.9. The lowest BCUT2D eigenvalue weighted by Crippen LogP contribution is -2.20. The molecule has 0 aliphatic carbocycles. The minimum Gasteiger partial charge on any atom is -0.491 e. The number of nitrogens with one attached hydrogen (secondary N) is 1. The van der Waals surface area contributed by atoms with E-state index in [1.807, 2.05) is 31.1 Å². The molecule has 1 aromatic carbocycles. The molecule has 0 bridgehead atoms. The van der Waals surface area contributed by atoms with Crippen molar-refractivity contribution in [1.82, 2.24) is 4.90 Å². The average Bonchev–Trinajstić information content (AvgIpc) is 2.19. The van der Waals surface area contributed by atoms with Gasteiger partial charge < -0.3 is 15.4 Å². The van der Waals surface area contributed by atoms with Gasteiger partial charge in [0, 0.05) is 11.0 Å². The van der Waals surface area contributed by atoms with Gasteiger partial charge in [0.1, 0.15) is 18.2 Å². The fourth-order valence-corrected chi connectivity index (χ4v) is 1.54. The number of likely N-dealkylation sites (N-methyl/N-ethyl adjacent to an activating group) is 1. The second-order valence-electron chi connectivity index (χ2n) is 3.71. The summed E-state index contributed by atoms with van der Waals surface area (Å²) in [5, 5.41) is 7.46. The Morgan fingerprint density at radius 3 is 2.75 bits per heavy atom. The van der Waals surface area contributed by atoms with Gasteiger partial charge >= 0.3 is 0 Å². The van der Waals surface area contributed by atoms with Crippen molar-refractivity contribution in [1.29, 1.82) is 5.41 Å². The van der Waals surface area contributed by atoms with Gasteiger partial charge in [-0.15, -0.1) is 0 Å². The number of rotatable bonds is 5. The molecule has 0 aliphatic rings. The molecule has 0 saturated heterocycles. The van der Waals surface area contributed by atoms with Crippen LogP contribution < -0.4 is 10.5 Å². The van der Waals surface area contributed by atoms with Crippen molar-refractivity contribution < 1.29 is 4.74 Å². The third-order valence-corrected chi connectivity index (χ3v) is 2.52. The van der Waals surface area contributed by atoms with Crippen molar-refractivity contribution in [3.05, 3.63) is 28.2 Å². The van der Waals surface area contributed by atoms with E-state index in [9.17, 15) is 0 Å². The molecule has 0 amide bonds. The maximum atomic E-state index is 7.46. The van der Waals surface area contributed by atoms with Gasteiger partial charge in [-0.25, -0.2) is 0 Å². The molecule has 16 heavy (non-hydrogen) atoms. The Morgan fingerprint density at radius 2 is 2.19 bits per heavy atom. The number of hydrogen-bond acceptors (Lipinski definition) is 3. The van der Waals surface area contributed by atoms with Crippen LogP contribution in [0.5, 0.6) is 5.75 Å². The normalized spacial score (nSPS) is 10.5. The molecule has 0 unspecified atom stereocenters. The van der Waals surface area contributed by atoms with Gasteiger partial charge in [0.2, 0.25) is 0 Å². The monoisotopic (exact) mass is 285 g/mol. The number of nitrogens with two attached hydrogens (primary N) is 1. The van der Waals surface area contributed by atoms with Gasteiger partial charge in [-0.3, -0.25) is 5.41 Å². The van der Waals surface area contributed by atoms with Crippen LogP contribution in [0, 0.1) is 5.41 Å². The molecule has 5 heteroatoms. The van der Waals surface area contributed by atoms with Crippen LogP contribution in [0.25, 0.3) is 0 Å². The summed E-state index contributed by atoms with van der Waals surface area (Å²) in [6.45, 7) is 1.41. The molecular formula is C11H16BrN3O. The Bertz CT molecular complexity index is 379. The SMILES string of the molecule is CN(C)CCOc1ccc(Br)cc1C(=N)N. The Labute approximate surface area is 104 Å². The number of hydrogen-bond donors (Lipinski definition) is 2. The highest BCUT2D eigenvalue weighted by molar-refractivity contribution is 9.10. The standard InChI is InChI=1S/C11H16BrN3O/c1-15(2)5-6-16-10-4-3-8(12)7-9(10)11(13)14/h3-4,7H,5-6H2,1-2H3,(H3,13,14). The molecule has 3 N–H and O–H groups in total. The van der Waals surface area contributed by atoms with Crippen molar-refractivity contribution in [3.63, 3.8) is 0 Å². The fourth-order valence-electron chi connectivity index (χ4n) is 1.18. The molecule has 0 fully saturated rings. The summed E-state index contributed by atoms with van der Waals surface area (Å²) in [7, 11) is 3.97. The quantitative estimate of drug-likeness (QED) is 0.639. The Hall–Kier alpha value is -1.07. The lowest BCUT2D eigenvalue weighted by molar-refractivity contribution is 0.261. The first-order valence-electron chi connectivity index (χ1n) is 4.92. The van der Waals surface area contributed by atoms with Crippen molar-refractivity contribution in [2.24, 2.45) is 5.73 Å². The summed E-state index contributed by atoms with van der Waals surface area (Å²) in [5.74, 6) is 0.665. The van der Waals surface area contributed by atoms with Gasteiger partial charge in [-0.1, -0.05) is 15.9 Å². The van der Waals surface area contributed by atoms with Crippen molar-refractivity contribution in [2.45, 2.75) is 0 Å². The minimum atomic E-state index is 0.0150. The summed E-state index contributed by atoms with van der Waals surface area (Å²) in [4.78, 5) is 2.03. The summed E-state index contributed by atoms with van der Waals surface area (Å²) in [6.07, 6.45) is 0. The van der Waals surface area contributed by atoms with E-state index in [2.05, 4.69) is 15.9 Å². The highest BCUT2D eigenvalue weighted by Crippen LogP contribution is 2.22. The third kappa shape index (κ3) is 3.83. The van der Waals surface area contributed by atoms with Crippen LogP contribution in [-0.4, -0.2) is 38.0 Å². The second-order valence-corrected chi connectivity index (χ2v) is 4.62. The van der Waals surface area contributed by atoms with E-state index in [1.165, 1.54) is 0 Å². The molecule has 0 spiro atoms. The number of ether oxygens (including phenoxy) is 1. The summed E-state index contributed by atoms with van der Waals surface area (Å²) >= 11 is 3.34. The van der Waals surface area contributed by atoms with Gasteiger partial charge in [-0.2, -0.15) is 0 Å². The molecule has 0 aromatic heterocycles. The molecule has 1 rings (SSSR count). The number of benzene rings is 1. The number of amidine groups is 1. The average molecular weight is 286 g/mol. The highest BCUT2D eigenvalue weighted by Gasteiger charge is 2.07. The van der Waals surface area contributed by atoms with Crippen LogP contribution in [-0.2, 0) is 0 Å². The van der Waals surface area contributed by atoms with Crippen molar-refractivity contribution in [3.8, 4) is 5.75 Å². The molecule has 0 saturated carbocycles. The fraction of sp³-hybridized carbons (Fsp3) is 0.364. The van der Waals surface area contributed by atoms with E-state index in [-0.39, 0.29) is 5.84 Å². The van der Waals surface area contributed by atoms with E-state index in [4.69, 9.17) is 15.9 Å². The summed E-state index contributed by atoms with van der Waals surface area (Å²) in [5.41, 5.74) is 6.11. The first-order chi connectivity index (χ1) is 7.50. The molecule has 0 atom stereocenters. The summed E-state index contributed by atoms with van der Waals surface area (Å²) < 4.78 is 6.47. The van der Waals surface area contributed by atoms with Crippen molar-refractivity contribution >= 4 is 21.8 Å². The minimum absolute atomic E-state index is 0.0150. The van der Waals surface area contributed by atoms with E-state index in [1.54, 1.807) is 6.07 Å². The van der Waals surface area contributed by atoms with Crippen LogP contribution in [0.15, 0.2) is 22.7 Å². The Morgan fingerprint density at radius 1 is 1.50 bits per heavy atom. The molecule has 0 heterocycles. The van der Waals surface area contributed by atoms with E-state index in [0.29, 0.717) is 17.9 Å². The van der Waals surface area contributed by atoms with Crippen LogP contribution in [0.3, 0.4) is 0 Å². The smallest absolute Gasteiger partial charge is 0.130 e. The molecule has 4 nitrogen and oxygen atoms in total. The van der Waals surface area contributed by atoms with E-state index in [0.717, 1.165) is 11.0 Å². The summed E-state index contributed by atoms with van der Waals surface area (Å²) in [6, 6.07) is 5.47. The zero-order valence-electron chi connectivity index (χ0n) is 9.46. The number of nitrogens with zero attached hydrogens (tertiary/aromatic N) is 1. The van der Waals surface area contributed by atoms with Crippen LogP contribution in [0.2, 0.25) is 0 Å². The zero-order chi connectivity index (χ0) is 12.1. The molecular weight excluding hydrogens is 270 g/mol. The van der Waals surface area contributed by atoms with Crippen LogP contribution >= 0.6 is 15.9 Å². The lowest BCUT2D eigenvalue weighted by Gasteiger charge is -2.13. The predicted molar refractivity (Wildman–Crippen MR) is 69.2 cm³/mol. The third-order valence-electron chi connectivity index (χ3n) is 2.03. The zero-order valence-corrected chi connectivity index (χ0v) is 11.0. The first-order valence-corrected chi connectivity index (χ1v) is 5.71. The second kappa shape index (κ2) is 5.86. The predicted octanol–water partition coefficient (Wildman–Crippen LogP) is 1.67. The van der Waals surface area contributed by atoms with E-state index >= 15 is 0 Å². The number of halogens is 1. The van der Waals surface area contributed by atoms with Gasteiger partial charge in [0.25, 0.3) is 0 Å². The molecule has 1 aromatic rings. The van der Waals surface area contributed by atoms with Gasteiger partial charge in [-0.05, 0) is 32.3 Å². The first kappa shape index (κ1) is 13.0.